The number of aryl methyl sites for hydroxylation is 2. The summed E-state index contributed by atoms with van der Waals surface area (Å²) in [4.78, 5) is 21.8. The van der Waals surface area contributed by atoms with Crippen molar-refractivity contribution < 1.29 is 13.2 Å². The van der Waals surface area contributed by atoms with Crippen LogP contribution >= 0.6 is 35.3 Å². The van der Waals surface area contributed by atoms with E-state index in [0.29, 0.717) is 23.2 Å². The number of carbonyl (C=O) groups excluding carboxylic acids is 1. The van der Waals surface area contributed by atoms with Crippen LogP contribution in [0.4, 0.5) is 5.13 Å². The summed E-state index contributed by atoms with van der Waals surface area (Å²) < 4.78 is 26.6. The van der Waals surface area contributed by atoms with Gasteiger partial charge in [0.05, 0.1) is 20.1 Å². The zero-order valence-electron chi connectivity index (χ0n) is 19.2. The molecule has 0 fully saturated rings. The Labute approximate surface area is 210 Å². The SMILES string of the molecule is CCN(CC)CCN(C(=O)CS(=O)(=O)c1ccc(C)cc1)c1nc2c(C)ccc(Cl)c2s1.Cl. The van der Waals surface area contributed by atoms with E-state index in [9.17, 15) is 13.2 Å². The molecule has 0 aliphatic carbocycles. The lowest BCUT2D eigenvalue weighted by Crippen LogP contribution is -2.41. The van der Waals surface area contributed by atoms with Crippen LogP contribution in [0.5, 0.6) is 0 Å². The van der Waals surface area contributed by atoms with Crippen molar-refractivity contribution in [3.8, 4) is 0 Å². The summed E-state index contributed by atoms with van der Waals surface area (Å²) >= 11 is 7.67. The Kier molecular flexibility index (Phi) is 9.70. The van der Waals surface area contributed by atoms with Crippen molar-refractivity contribution in [2.75, 3.05) is 36.8 Å². The van der Waals surface area contributed by atoms with E-state index in [0.717, 1.165) is 34.4 Å². The number of nitrogens with zero attached hydrogens (tertiary/aromatic N) is 3. The van der Waals surface area contributed by atoms with E-state index in [4.69, 9.17) is 11.6 Å². The third-order valence-electron chi connectivity index (χ3n) is 5.45. The van der Waals surface area contributed by atoms with Gasteiger partial charge in [-0.25, -0.2) is 13.4 Å². The molecule has 2 aromatic carbocycles. The Morgan fingerprint density at radius 3 is 2.24 bits per heavy atom. The fraction of sp³-hybridized carbons (Fsp3) is 0.391. The van der Waals surface area contributed by atoms with Gasteiger partial charge in [0.1, 0.15) is 5.75 Å². The Morgan fingerprint density at radius 1 is 1.03 bits per heavy atom. The minimum Gasteiger partial charge on any atom is -0.302 e. The van der Waals surface area contributed by atoms with Gasteiger partial charge in [-0.1, -0.05) is 60.5 Å². The van der Waals surface area contributed by atoms with Crippen LogP contribution in [0.1, 0.15) is 25.0 Å². The van der Waals surface area contributed by atoms with Gasteiger partial charge in [0.25, 0.3) is 0 Å². The maximum Gasteiger partial charge on any atom is 0.244 e. The summed E-state index contributed by atoms with van der Waals surface area (Å²) in [5.41, 5.74) is 2.65. The lowest BCUT2D eigenvalue weighted by molar-refractivity contribution is -0.116. The van der Waals surface area contributed by atoms with Crippen LogP contribution in [0.2, 0.25) is 5.02 Å². The van der Waals surface area contributed by atoms with E-state index in [1.54, 1.807) is 24.3 Å². The van der Waals surface area contributed by atoms with E-state index in [-0.39, 0.29) is 17.3 Å². The molecule has 1 heterocycles. The molecule has 180 valence electrons. The van der Waals surface area contributed by atoms with Crippen LogP contribution < -0.4 is 4.90 Å². The van der Waals surface area contributed by atoms with E-state index in [2.05, 4.69) is 23.7 Å². The first kappa shape index (κ1) is 27.5. The highest BCUT2D eigenvalue weighted by atomic mass is 35.5. The van der Waals surface area contributed by atoms with Crippen molar-refractivity contribution in [2.24, 2.45) is 0 Å². The molecule has 0 aliphatic rings. The quantitative estimate of drug-likeness (QED) is 0.383. The van der Waals surface area contributed by atoms with Gasteiger partial charge in [-0.2, -0.15) is 0 Å². The van der Waals surface area contributed by atoms with Crippen molar-refractivity contribution in [1.82, 2.24) is 9.88 Å². The van der Waals surface area contributed by atoms with Crippen molar-refractivity contribution in [3.05, 3.63) is 52.5 Å². The average Bonchev–Trinajstić information content (AvgIpc) is 3.20. The molecular weight excluding hydrogens is 501 g/mol. The van der Waals surface area contributed by atoms with Crippen LogP contribution in [0.3, 0.4) is 0 Å². The number of hydrogen-bond donors (Lipinski definition) is 0. The number of halogens is 2. The average molecular weight is 531 g/mol. The number of fused-ring (bicyclic) bond motifs is 1. The first-order chi connectivity index (χ1) is 15.2. The molecule has 33 heavy (non-hydrogen) atoms. The molecule has 0 saturated carbocycles. The molecule has 0 unspecified atom stereocenters. The van der Waals surface area contributed by atoms with Crippen molar-refractivity contribution >= 4 is 66.4 Å². The number of anilines is 1. The predicted molar refractivity (Wildman–Crippen MR) is 140 cm³/mol. The molecule has 0 atom stereocenters. The standard InChI is InChI=1S/C23H28ClN3O3S2.ClH/c1-5-26(6-2)13-14-27(23-25-21-17(4)9-12-19(24)22(21)31-23)20(28)15-32(29,30)18-10-7-16(3)8-11-18;/h7-12H,5-6,13-15H2,1-4H3;1H. The Hall–Kier alpha value is -1.71. The van der Waals surface area contributed by atoms with E-state index >= 15 is 0 Å². The van der Waals surface area contributed by atoms with Gasteiger partial charge < -0.3 is 4.90 Å². The second-order valence-electron chi connectivity index (χ2n) is 7.68. The highest BCUT2D eigenvalue weighted by molar-refractivity contribution is 7.92. The monoisotopic (exact) mass is 529 g/mol. The summed E-state index contributed by atoms with van der Waals surface area (Å²) in [7, 11) is -3.78. The molecule has 10 heteroatoms. The third-order valence-corrected chi connectivity index (χ3v) is 8.60. The number of amides is 1. The summed E-state index contributed by atoms with van der Waals surface area (Å²) in [5, 5.41) is 1.03. The fourth-order valence-corrected chi connectivity index (χ4v) is 5.94. The van der Waals surface area contributed by atoms with Crippen LogP contribution in [0, 0.1) is 13.8 Å². The van der Waals surface area contributed by atoms with Gasteiger partial charge in [-0.15, -0.1) is 12.4 Å². The lowest BCUT2D eigenvalue weighted by atomic mass is 10.2. The Bertz CT molecular complexity index is 1170. The molecule has 1 aromatic heterocycles. The summed E-state index contributed by atoms with van der Waals surface area (Å²) in [6, 6.07) is 10.2. The summed E-state index contributed by atoms with van der Waals surface area (Å²) in [6.07, 6.45) is 0. The van der Waals surface area contributed by atoms with Gasteiger partial charge in [0.15, 0.2) is 15.0 Å². The van der Waals surface area contributed by atoms with E-state index < -0.39 is 21.5 Å². The number of aromatic nitrogens is 1. The maximum atomic E-state index is 13.3. The predicted octanol–water partition coefficient (Wildman–Crippen LogP) is 5.14. The number of rotatable bonds is 9. The van der Waals surface area contributed by atoms with E-state index in [1.165, 1.54) is 16.2 Å². The maximum absolute atomic E-state index is 13.3. The van der Waals surface area contributed by atoms with Crippen LogP contribution in [0.15, 0.2) is 41.3 Å². The molecule has 0 radical (unpaired) electrons. The Morgan fingerprint density at radius 2 is 1.67 bits per heavy atom. The number of carbonyl (C=O) groups is 1. The lowest BCUT2D eigenvalue weighted by Gasteiger charge is -2.24. The molecule has 0 saturated heterocycles. The van der Waals surface area contributed by atoms with Crippen LogP contribution in [0.25, 0.3) is 10.2 Å². The number of benzene rings is 2. The molecular formula is C23H29Cl2N3O3S2. The van der Waals surface area contributed by atoms with Gasteiger partial charge in [-0.3, -0.25) is 9.69 Å². The van der Waals surface area contributed by atoms with Crippen LogP contribution in [-0.2, 0) is 14.6 Å². The third kappa shape index (κ3) is 6.45. The number of sulfone groups is 1. The molecule has 3 rings (SSSR count). The van der Waals surface area contributed by atoms with Gasteiger partial charge >= 0.3 is 0 Å². The molecule has 0 spiro atoms. The normalized spacial score (nSPS) is 11.6. The summed E-state index contributed by atoms with van der Waals surface area (Å²) in [5.74, 6) is -1.11. The highest BCUT2D eigenvalue weighted by Crippen LogP contribution is 2.35. The first-order valence-electron chi connectivity index (χ1n) is 10.5. The highest BCUT2D eigenvalue weighted by Gasteiger charge is 2.27. The van der Waals surface area contributed by atoms with Crippen molar-refractivity contribution in [2.45, 2.75) is 32.6 Å². The molecule has 0 aliphatic heterocycles. The van der Waals surface area contributed by atoms with Gasteiger partial charge in [0.2, 0.25) is 5.91 Å². The first-order valence-corrected chi connectivity index (χ1v) is 13.4. The zero-order chi connectivity index (χ0) is 23.5. The molecule has 0 N–H and O–H groups in total. The molecule has 0 bridgehead atoms. The largest absolute Gasteiger partial charge is 0.302 e. The Balaban J connectivity index is 0.00000385. The van der Waals surface area contributed by atoms with Gasteiger partial charge in [-0.05, 0) is 50.7 Å². The molecule has 3 aromatic rings. The molecule has 1 amide bonds. The summed E-state index contributed by atoms with van der Waals surface area (Å²) in [6.45, 7) is 10.6. The van der Waals surface area contributed by atoms with Crippen molar-refractivity contribution in [3.63, 3.8) is 0 Å². The number of thiazole rings is 1. The topological polar surface area (TPSA) is 70.6 Å². The fourth-order valence-electron chi connectivity index (χ4n) is 3.38. The minimum atomic E-state index is -3.78. The second-order valence-corrected chi connectivity index (χ2v) is 11.1. The number of likely N-dealkylation sites (N-methyl/N-ethyl adjacent to an activating group) is 1. The molecule has 6 nitrogen and oxygen atoms in total. The van der Waals surface area contributed by atoms with Crippen molar-refractivity contribution in [1.29, 1.82) is 0 Å². The minimum absolute atomic E-state index is 0. The van der Waals surface area contributed by atoms with Crippen LogP contribution in [-0.4, -0.2) is 56.1 Å². The second kappa shape index (κ2) is 11.6. The van der Waals surface area contributed by atoms with Gasteiger partial charge in [0, 0.05) is 13.1 Å². The smallest absolute Gasteiger partial charge is 0.244 e. The zero-order valence-corrected chi connectivity index (χ0v) is 22.4. The number of hydrogen-bond acceptors (Lipinski definition) is 6. The van der Waals surface area contributed by atoms with E-state index in [1.807, 2.05) is 26.0 Å².